The van der Waals surface area contributed by atoms with Crippen molar-refractivity contribution in [3.63, 3.8) is 0 Å². The average Bonchev–Trinajstić information content (AvgIpc) is 3.39. The van der Waals surface area contributed by atoms with Crippen molar-refractivity contribution in [3.8, 4) is 0 Å². The van der Waals surface area contributed by atoms with Crippen LogP contribution in [0, 0.1) is 5.92 Å². The molecule has 0 amide bonds. The van der Waals surface area contributed by atoms with Crippen LogP contribution in [-0.2, 0) is 0 Å². The lowest BCUT2D eigenvalue weighted by Crippen LogP contribution is -2.05. The van der Waals surface area contributed by atoms with E-state index in [1.54, 1.807) is 5.56 Å². The van der Waals surface area contributed by atoms with Crippen molar-refractivity contribution >= 4 is 11.6 Å². The highest BCUT2D eigenvalue weighted by Gasteiger charge is 2.28. The van der Waals surface area contributed by atoms with Crippen LogP contribution in [0.3, 0.4) is 0 Å². The van der Waals surface area contributed by atoms with E-state index in [1.165, 1.54) is 59.1 Å². The van der Waals surface area contributed by atoms with Crippen molar-refractivity contribution in [2.24, 2.45) is 5.92 Å². The van der Waals surface area contributed by atoms with Gasteiger partial charge in [0.05, 0.1) is 0 Å². The molecule has 0 saturated heterocycles. The standard InChI is InChI=1S/C25H26/c1-17-6-7-19(14-17)20-8-9-21(15-20)22-10-12-25-23(16-22)11-13-24(25)18-4-2-3-5-18/h6-8,10-13,15-16,18,24H,2-5,9,14H2,1H3. The van der Waals surface area contributed by atoms with Gasteiger partial charge in [-0.25, -0.2) is 0 Å². The van der Waals surface area contributed by atoms with Gasteiger partial charge in [0.15, 0.2) is 0 Å². The predicted molar refractivity (Wildman–Crippen MR) is 107 cm³/mol. The lowest BCUT2D eigenvalue weighted by atomic mass is 9.86. The first-order valence-electron chi connectivity index (χ1n) is 9.88. The van der Waals surface area contributed by atoms with E-state index in [1.807, 2.05) is 0 Å². The Hall–Kier alpha value is -2.08. The van der Waals surface area contributed by atoms with Crippen LogP contribution in [0.15, 0.2) is 65.3 Å². The highest BCUT2D eigenvalue weighted by molar-refractivity contribution is 5.78. The van der Waals surface area contributed by atoms with Crippen LogP contribution < -0.4 is 0 Å². The number of allylic oxidation sites excluding steroid dienone is 9. The quantitative estimate of drug-likeness (QED) is 0.562. The highest BCUT2D eigenvalue weighted by Crippen LogP contribution is 2.44. The summed E-state index contributed by atoms with van der Waals surface area (Å²) in [5.74, 6) is 1.56. The zero-order chi connectivity index (χ0) is 16.8. The van der Waals surface area contributed by atoms with Crippen LogP contribution in [0.25, 0.3) is 11.6 Å². The van der Waals surface area contributed by atoms with Gasteiger partial charge >= 0.3 is 0 Å². The molecule has 4 aliphatic carbocycles. The number of rotatable bonds is 3. The summed E-state index contributed by atoms with van der Waals surface area (Å²) < 4.78 is 0. The van der Waals surface area contributed by atoms with E-state index >= 15 is 0 Å². The Kier molecular flexibility index (Phi) is 3.66. The molecule has 25 heavy (non-hydrogen) atoms. The Bertz CT molecular complexity index is 863. The Labute approximate surface area is 151 Å². The molecule has 0 heterocycles. The fourth-order valence-corrected chi connectivity index (χ4v) is 5.07. The number of hydrogen-bond acceptors (Lipinski definition) is 0. The molecule has 0 bridgehead atoms. The van der Waals surface area contributed by atoms with Crippen LogP contribution >= 0.6 is 0 Å². The van der Waals surface area contributed by atoms with Gasteiger partial charge in [-0.15, -0.1) is 0 Å². The third-order valence-electron chi connectivity index (χ3n) is 6.49. The van der Waals surface area contributed by atoms with Crippen LogP contribution in [-0.4, -0.2) is 0 Å². The second-order valence-electron chi connectivity index (χ2n) is 8.19. The summed E-state index contributed by atoms with van der Waals surface area (Å²) in [6.45, 7) is 2.22. The Morgan fingerprint density at radius 3 is 2.68 bits per heavy atom. The average molecular weight is 326 g/mol. The third-order valence-corrected chi connectivity index (χ3v) is 6.49. The van der Waals surface area contributed by atoms with Gasteiger partial charge in [0.2, 0.25) is 0 Å². The largest absolute Gasteiger partial charge is 0.0761 e. The maximum Gasteiger partial charge on any atom is 0.00555 e. The van der Waals surface area contributed by atoms with E-state index in [4.69, 9.17) is 0 Å². The molecule has 0 N–H and O–H groups in total. The number of fused-ring (bicyclic) bond motifs is 1. The normalized spacial score (nSPS) is 25.1. The molecule has 0 radical (unpaired) electrons. The monoisotopic (exact) mass is 326 g/mol. The fourth-order valence-electron chi connectivity index (χ4n) is 5.07. The molecule has 0 spiro atoms. The second kappa shape index (κ2) is 6.02. The maximum atomic E-state index is 2.47. The third kappa shape index (κ3) is 2.68. The predicted octanol–water partition coefficient (Wildman–Crippen LogP) is 6.98. The minimum absolute atomic E-state index is 0.676. The van der Waals surface area contributed by atoms with E-state index in [0.29, 0.717) is 5.92 Å². The topological polar surface area (TPSA) is 0 Å². The van der Waals surface area contributed by atoms with Crippen LogP contribution in [0.4, 0.5) is 0 Å². The van der Waals surface area contributed by atoms with Crippen molar-refractivity contribution in [2.45, 2.75) is 51.4 Å². The molecule has 1 aromatic carbocycles. The summed E-state index contributed by atoms with van der Waals surface area (Å²) in [5.41, 5.74) is 10.3. The molecule has 4 aliphatic rings. The maximum absolute atomic E-state index is 2.47. The van der Waals surface area contributed by atoms with Crippen molar-refractivity contribution in [1.29, 1.82) is 0 Å². The van der Waals surface area contributed by atoms with Gasteiger partial charge in [-0.05, 0) is 78.0 Å². The van der Waals surface area contributed by atoms with Gasteiger partial charge in [0.1, 0.15) is 0 Å². The summed E-state index contributed by atoms with van der Waals surface area (Å²) in [7, 11) is 0. The van der Waals surface area contributed by atoms with E-state index < -0.39 is 0 Å². The first kappa shape index (κ1) is 15.2. The summed E-state index contributed by atoms with van der Waals surface area (Å²) in [6, 6.07) is 7.20. The van der Waals surface area contributed by atoms with E-state index in [-0.39, 0.29) is 0 Å². The van der Waals surface area contributed by atoms with Crippen molar-refractivity contribution in [3.05, 3.63) is 82.0 Å². The highest BCUT2D eigenvalue weighted by atomic mass is 14.3. The molecule has 126 valence electrons. The lowest BCUT2D eigenvalue weighted by Gasteiger charge is -2.18. The van der Waals surface area contributed by atoms with Crippen LogP contribution in [0.1, 0.15) is 68.1 Å². The van der Waals surface area contributed by atoms with E-state index in [9.17, 15) is 0 Å². The summed E-state index contributed by atoms with van der Waals surface area (Å²) in [5, 5.41) is 0. The van der Waals surface area contributed by atoms with Gasteiger partial charge in [0.25, 0.3) is 0 Å². The molecule has 0 aromatic heterocycles. The number of hydrogen-bond donors (Lipinski definition) is 0. The summed E-state index contributed by atoms with van der Waals surface area (Å²) in [4.78, 5) is 0. The Morgan fingerprint density at radius 2 is 1.88 bits per heavy atom. The molecule has 1 atom stereocenters. The van der Waals surface area contributed by atoms with Gasteiger partial charge < -0.3 is 0 Å². The van der Waals surface area contributed by atoms with Crippen LogP contribution in [0.5, 0.6) is 0 Å². The minimum atomic E-state index is 0.676. The molecule has 5 rings (SSSR count). The molecule has 1 aromatic rings. The molecule has 0 aliphatic heterocycles. The lowest BCUT2D eigenvalue weighted by molar-refractivity contribution is 0.498. The Morgan fingerprint density at radius 1 is 1.00 bits per heavy atom. The second-order valence-corrected chi connectivity index (χ2v) is 8.19. The summed E-state index contributed by atoms with van der Waals surface area (Å²) in [6.07, 6.45) is 22.1. The molecular formula is C25H26. The van der Waals surface area contributed by atoms with E-state index in [2.05, 4.69) is 61.6 Å². The molecule has 0 heteroatoms. The van der Waals surface area contributed by atoms with Crippen molar-refractivity contribution in [2.75, 3.05) is 0 Å². The summed E-state index contributed by atoms with van der Waals surface area (Å²) >= 11 is 0. The molecule has 1 unspecified atom stereocenters. The van der Waals surface area contributed by atoms with Crippen molar-refractivity contribution < 1.29 is 0 Å². The molecule has 1 saturated carbocycles. The first-order chi connectivity index (χ1) is 12.3. The van der Waals surface area contributed by atoms with Gasteiger partial charge in [0, 0.05) is 5.92 Å². The fraction of sp³-hybridized carbons (Fsp3) is 0.360. The minimum Gasteiger partial charge on any atom is -0.0761 e. The zero-order valence-corrected chi connectivity index (χ0v) is 15.1. The number of benzene rings is 1. The van der Waals surface area contributed by atoms with Gasteiger partial charge in [-0.1, -0.05) is 67.0 Å². The Balaban J connectivity index is 1.37. The molecule has 1 fully saturated rings. The van der Waals surface area contributed by atoms with Gasteiger partial charge in [-0.2, -0.15) is 0 Å². The zero-order valence-electron chi connectivity index (χ0n) is 15.1. The molecular weight excluding hydrogens is 300 g/mol. The SMILES string of the molecule is CC1=CC=C(C2=CCC(c3ccc4c(c3)C=CC4C3CCCC3)=C2)C1. The van der Waals surface area contributed by atoms with E-state index in [0.717, 1.165) is 18.8 Å². The van der Waals surface area contributed by atoms with Crippen LogP contribution in [0.2, 0.25) is 0 Å². The first-order valence-corrected chi connectivity index (χ1v) is 9.88. The van der Waals surface area contributed by atoms with Crippen molar-refractivity contribution in [1.82, 2.24) is 0 Å². The molecule has 0 nitrogen and oxygen atoms in total. The smallest absolute Gasteiger partial charge is 0.00555 e. The van der Waals surface area contributed by atoms with Gasteiger partial charge in [-0.3, -0.25) is 0 Å².